The van der Waals surface area contributed by atoms with Crippen molar-refractivity contribution in [3.8, 4) is 0 Å². The number of rotatable bonds is 10. The lowest BCUT2D eigenvalue weighted by atomic mass is 9.86. The molecule has 0 aliphatic rings. The van der Waals surface area contributed by atoms with Crippen molar-refractivity contribution in [1.82, 2.24) is 10.2 Å². The van der Waals surface area contributed by atoms with Gasteiger partial charge in [-0.2, -0.15) is 0 Å². The predicted octanol–water partition coefficient (Wildman–Crippen LogP) is 3.63. The molecule has 18 heavy (non-hydrogen) atoms. The first-order chi connectivity index (χ1) is 8.33. The molecule has 0 aromatic carbocycles. The zero-order valence-corrected chi connectivity index (χ0v) is 13.8. The molecule has 0 amide bonds. The molecule has 0 aliphatic heterocycles. The first kappa shape index (κ1) is 17.9. The van der Waals surface area contributed by atoms with Gasteiger partial charge in [0.05, 0.1) is 0 Å². The fourth-order valence-electron chi connectivity index (χ4n) is 2.33. The van der Waals surface area contributed by atoms with Crippen molar-refractivity contribution in [3.63, 3.8) is 0 Å². The average Bonchev–Trinajstić information content (AvgIpc) is 2.27. The van der Waals surface area contributed by atoms with E-state index >= 15 is 0 Å². The van der Waals surface area contributed by atoms with Gasteiger partial charge in [0.25, 0.3) is 0 Å². The molecular weight excluding hydrogens is 220 g/mol. The Labute approximate surface area is 116 Å². The maximum Gasteiger partial charge on any atom is 0.00444 e. The Morgan fingerprint density at radius 3 is 2.22 bits per heavy atom. The second-order valence-electron chi connectivity index (χ2n) is 6.90. The summed E-state index contributed by atoms with van der Waals surface area (Å²) >= 11 is 0. The van der Waals surface area contributed by atoms with Crippen LogP contribution in [0.1, 0.15) is 54.4 Å². The topological polar surface area (TPSA) is 15.3 Å². The maximum atomic E-state index is 3.62. The third-order valence-electron chi connectivity index (χ3n) is 3.93. The summed E-state index contributed by atoms with van der Waals surface area (Å²) in [6.07, 6.45) is 2.52. The average molecular weight is 256 g/mol. The lowest BCUT2D eigenvalue weighted by molar-refractivity contribution is 0.163. The van der Waals surface area contributed by atoms with Crippen LogP contribution in [-0.4, -0.2) is 38.1 Å². The first-order valence-corrected chi connectivity index (χ1v) is 7.72. The molecule has 0 spiro atoms. The van der Waals surface area contributed by atoms with Gasteiger partial charge < -0.3 is 10.2 Å². The van der Waals surface area contributed by atoms with Crippen LogP contribution in [0.2, 0.25) is 0 Å². The van der Waals surface area contributed by atoms with E-state index in [-0.39, 0.29) is 0 Å². The summed E-state index contributed by atoms with van der Waals surface area (Å²) in [6, 6.07) is 0. The first-order valence-electron chi connectivity index (χ1n) is 7.72. The van der Waals surface area contributed by atoms with E-state index in [1.54, 1.807) is 0 Å². The van der Waals surface area contributed by atoms with Gasteiger partial charge in [-0.25, -0.2) is 0 Å². The second-order valence-corrected chi connectivity index (χ2v) is 6.90. The monoisotopic (exact) mass is 256 g/mol. The molecule has 0 rings (SSSR count). The molecule has 110 valence electrons. The number of hydrogen-bond donors (Lipinski definition) is 1. The molecule has 0 aromatic heterocycles. The summed E-state index contributed by atoms with van der Waals surface area (Å²) in [6.45, 7) is 18.6. The highest BCUT2D eigenvalue weighted by Gasteiger charge is 2.24. The van der Waals surface area contributed by atoms with E-state index < -0.39 is 0 Å². The van der Waals surface area contributed by atoms with Crippen molar-refractivity contribution in [3.05, 3.63) is 0 Å². The van der Waals surface area contributed by atoms with Crippen LogP contribution in [0.5, 0.6) is 0 Å². The van der Waals surface area contributed by atoms with E-state index in [0.717, 1.165) is 24.9 Å². The van der Waals surface area contributed by atoms with Gasteiger partial charge in [0.15, 0.2) is 0 Å². The fraction of sp³-hybridized carbons (Fsp3) is 1.00. The quantitative estimate of drug-likeness (QED) is 0.642. The Hall–Kier alpha value is -0.0800. The predicted molar refractivity (Wildman–Crippen MR) is 83.1 cm³/mol. The van der Waals surface area contributed by atoms with Crippen LogP contribution in [0.25, 0.3) is 0 Å². The zero-order valence-electron chi connectivity index (χ0n) is 13.8. The Morgan fingerprint density at radius 2 is 1.78 bits per heavy atom. The van der Waals surface area contributed by atoms with Crippen molar-refractivity contribution in [2.45, 2.75) is 54.4 Å². The smallest absolute Gasteiger partial charge is 0.00444 e. The summed E-state index contributed by atoms with van der Waals surface area (Å²) < 4.78 is 0. The van der Waals surface area contributed by atoms with Crippen molar-refractivity contribution >= 4 is 0 Å². The molecule has 0 fully saturated rings. The third kappa shape index (κ3) is 8.10. The molecule has 2 nitrogen and oxygen atoms in total. The molecule has 2 unspecified atom stereocenters. The molecule has 2 atom stereocenters. The van der Waals surface area contributed by atoms with Gasteiger partial charge in [-0.15, -0.1) is 0 Å². The van der Waals surface area contributed by atoms with Crippen LogP contribution in [-0.2, 0) is 0 Å². The summed E-state index contributed by atoms with van der Waals surface area (Å²) in [7, 11) is 2.27. The van der Waals surface area contributed by atoms with Gasteiger partial charge >= 0.3 is 0 Å². The molecule has 0 aromatic rings. The van der Waals surface area contributed by atoms with Crippen LogP contribution in [0.4, 0.5) is 0 Å². The van der Waals surface area contributed by atoms with Crippen LogP contribution in [0, 0.1) is 17.3 Å². The second kappa shape index (κ2) is 8.92. The molecule has 2 heteroatoms. The van der Waals surface area contributed by atoms with Gasteiger partial charge in [-0.3, -0.25) is 0 Å². The minimum Gasteiger partial charge on any atom is -0.316 e. The van der Waals surface area contributed by atoms with E-state index in [0.29, 0.717) is 5.41 Å². The molecule has 0 aliphatic carbocycles. The van der Waals surface area contributed by atoms with Gasteiger partial charge in [0.2, 0.25) is 0 Å². The lowest BCUT2D eigenvalue weighted by Gasteiger charge is -2.34. The van der Waals surface area contributed by atoms with Crippen molar-refractivity contribution in [1.29, 1.82) is 0 Å². The Morgan fingerprint density at radius 1 is 1.17 bits per heavy atom. The molecule has 1 N–H and O–H groups in total. The van der Waals surface area contributed by atoms with Crippen molar-refractivity contribution in [2.24, 2.45) is 17.3 Å². The molecule has 0 saturated heterocycles. The number of nitrogens with zero attached hydrogens (tertiary/aromatic N) is 1. The van der Waals surface area contributed by atoms with E-state index in [1.165, 1.54) is 25.9 Å². The number of nitrogens with one attached hydrogen (secondary N) is 1. The minimum atomic E-state index is 0.400. The maximum absolute atomic E-state index is 3.62. The van der Waals surface area contributed by atoms with Crippen LogP contribution < -0.4 is 5.32 Å². The molecule has 0 saturated carbocycles. The summed E-state index contributed by atoms with van der Waals surface area (Å²) in [5, 5.41) is 3.62. The SMILES string of the molecule is CCC(C)CN(C)CC(C)(CC)CNCC(C)C. The summed E-state index contributed by atoms with van der Waals surface area (Å²) in [5.74, 6) is 1.55. The van der Waals surface area contributed by atoms with E-state index in [2.05, 4.69) is 58.8 Å². The Bertz CT molecular complexity index is 203. The van der Waals surface area contributed by atoms with Crippen molar-refractivity contribution < 1.29 is 0 Å². The van der Waals surface area contributed by atoms with Gasteiger partial charge in [0, 0.05) is 19.6 Å². The highest BCUT2D eigenvalue weighted by atomic mass is 15.1. The molecule has 0 heterocycles. The summed E-state index contributed by atoms with van der Waals surface area (Å²) in [5.41, 5.74) is 0.400. The zero-order chi connectivity index (χ0) is 14.2. The highest BCUT2D eigenvalue weighted by Crippen LogP contribution is 2.22. The Balaban J connectivity index is 4.11. The minimum absolute atomic E-state index is 0.400. The lowest BCUT2D eigenvalue weighted by Crippen LogP contribution is -2.42. The van der Waals surface area contributed by atoms with E-state index in [1.807, 2.05) is 0 Å². The molecular formula is C16H36N2. The highest BCUT2D eigenvalue weighted by molar-refractivity contribution is 4.79. The third-order valence-corrected chi connectivity index (χ3v) is 3.93. The van der Waals surface area contributed by atoms with Crippen LogP contribution in [0.3, 0.4) is 0 Å². The molecule has 0 bridgehead atoms. The standard InChI is InChI=1S/C16H36N2/c1-8-15(5)11-18(7)13-16(6,9-2)12-17-10-14(3)4/h14-15,17H,8-13H2,1-7H3. The van der Waals surface area contributed by atoms with Gasteiger partial charge in [0.1, 0.15) is 0 Å². The largest absolute Gasteiger partial charge is 0.316 e. The number of hydrogen-bond acceptors (Lipinski definition) is 2. The van der Waals surface area contributed by atoms with Crippen LogP contribution >= 0.6 is 0 Å². The van der Waals surface area contributed by atoms with Crippen molar-refractivity contribution in [2.75, 3.05) is 33.2 Å². The van der Waals surface area contributed by atoms with Crippen LogP contribution in [0.15, 0.2) is 0 Å². The molecule has 0 radical (unpaired) electrons. The fourth-order valence-corrected chi connectivity index (χ4v) is 2.33. The van der Waals surface area contributed by atoms with Gasteiger partial charge in [-0.1, -0.05) is 48.0 Å². The summed E-state index contributed by atoms with van der Waals surface area (Å²) in [4.78, 5) is 2.51. The van der Waals surface area contributed by atoms with E-state index in [9.17, 15) is 0 Å². The Kier molecular flexibility index (Phi) is 8.89. The van der Waals surface area contributed by atoms with E-state index in [4.69, 9.17) is 0 Å². The normalized spacial score (nSPS) is 17.2. The van der Waals surface area contributed by atoms with Gasteiger partial charge in [-0.05, 0) is 37.3 Å².